The molecular weight excluding hydrogens is 372 g/mol. The maximum Gasteiger partial charge on any atom is 0.241 e. The third-order valence-electron chi connectivity index (χ3n) is 5.80. The summed E-state index contributed by atoms with van der Waals surface area (Å²) < 4.78 is 28.6. The molecule has 6 heteroatoms. The van der Waals surface area contributed by atoms with Gasteiger partial charge in [-0.05, 0) is 80.0 Å². The van der Waals surface area contributed by atoms with Crippen LogP contribution in [0.1, 0.15) is 54.5 Å². The highest BCUT2D eigenvalue weighted by atomic mass is 32.2. The summed E-state index contributed by atoms with van der Waals surface area (Å²) in [5.74, 6) is 0.0991. The average Bonchev–Trinajstić information content (AvgIpc) is 3.29. The molecule has 0 radical (unpaired) electrons. The van der Waals surface area contributed by atoms with Gasteiger partial charge in [-0.3, -0.25) is 4.79 Å². The number of sulfonamides is 1. The van der Waals surface area contributed by atoms with Gasteiger partial charge in [0.05, 0.1) is 4.90 Å². The Labute approximate surface area is 166 Å². The number of benzene rings is 2. The summed E-state index contributed by atoms with van der Waals surface area (Å²) in [6, 6.07) is 10.9. The van der Waals surface area contributed by atoms with Crippen LogP contribution < -0.4 is 9.62 Å². The first-order chi connectivity index (χ1) is 13.3. The first-order valence-electron chi connectivity index (χ1n) is 9.90. The molecule has 1 fully saturated rings. The molecule has 2 aromatic rings. The molecule has 4 rings (SSSR count). The second-order valence-corrected chi connectivity index (χ2v) is 9.54. The summed E-state index contributed by atoms with van der Waals surface area (Å²) in [5.41, 5.74) is 5.29. The van der Waals surface area contributed by atoms with Gasteiger partial charge in [0.1, 0.15) is 0 Å². The molecule has 1 atom stereocenters. The smallest absolute Gasteiger partial charge is 0.241 e. The summed E-state index contributed by atoms with van der Waals surface area (Å²) >= 11 is 0. The molecule has 0 unspecified atom stereocenters. The van der Waals surface area contributed by atoms with Crippen molar-refractivity contribution in [1.82, 2.24) is 4.72 Å². The highest BCUT2D eigenvalue weighted by molar-refractivity contribution is 7.89. The Morgan fingerprint density at radius 3 is 2.50 bits per heavy atom. The van der Waals surface area contributed by atoms with Crippen LogP contribution in [-0.2, 0) is 27.7 Å². The zero-order valence-corrected chi connectivity index (χ0v) is 17.2. The molecular formula is C22H26N2O3S. The van der Waals surface area contributed by atoms with E-state index in [1.165, 1.54) is 17.5 Å². The molecule has 0 aromatic heterocycles. The topological polar surface area (TPSA) is 66.5 Å². The molecule has 148 valence electrons. The normalized spacial score (nSPS) is 17.8. The Kier molecular flexibility index (Phi) is 5.02. The second kappa shape index (κ2) is 7.33. The Morgan fingerprint density at radius 1 is 1.00 bits per heavy atom. The summed E-state index contributed by atoms with van der Waals surface area (Å²) in [7, 11) is -3.65. The monoisotopic (exact) mass is 398 g/mol. The van der Waals surface area contributed by atoms with E-state index in [9.17, 15) is 13.2 Å². The number of aryl methyl sites for hydroxylation is 3. The van der Waals surface area contributed by atoms with E-state index < -0.39 is 10.0 Å². The number of fused-ring (bicyclic) bond motifs is 1. The van der Waals surface area contributed by atoms with Crippen LogP contribution in [0.3, 0.4) is 0 Å². The fourth-order valence-corrected chi connectivity index (χ4v) is 5.55. The van der Waals surface area contributed by atoms with Crippen molar-refractivity contribution < 1.29 is 13.2 Å². The third-order valence-corrected chi connectivity index (χ3v) is 7.34. The first kappa shape index (κ1) is 19.2. The molecule has 1 aliphatic carbocycles. The highest BCUT2D eigenvalue weighted by Gasteiger charge is 2.25. The summed E-state index contributed by atoms with van der Waals surface area (Å²) in [5, 5.41) is 0. The number of hydrogen-bond acceptors (Lipinski definition) is 3. The van der Waals surface area contributed by atoms with E-state index in [0.29, 0.717) is 13.0 Å². The van der Waals surface area contributed by atoms with Crippen molar-refractivity contribution in [2.45, 2.75) is 56.9 Å². The van der Waals surface area contributed by atoms with Crippen molar-refractivity contribution >= 4 is 21.6 Å². The standard InChI is InChI=1S/C22H26N2O3S/c1-15-13-20(10-11-21(15)24-12-4-7-22(24)25)28(26,27)23-16(2)18-9-8-17-5-3-6-19(17)14-18/h8-11,13-14,16,23H,3-7,12H2,1-2H3/t16-/m1/s1. The summed E-state index contributed by atoms with van der Waals surface area (Å²) in [4.78, 5) is 14.0. The van der Waals surface area contributed by atoms with Gasteiger partial charge >= 0.3 is 0 Å². The number of nitrogens with zero attached hydrogens (tertiary/aromatic N) is 1. The Morgan fingerprint density at radius 2 is 1.79 bits per heavy atom. The van der Waals surface area contributed by atoms with Crippen LogP contribution in [-0.4, -0.2) is 20.9 Å². The minimum atomic E-state index is -3.65. The lowest BCUT2D eigenvalue weighted by Gasteiger charge is -2.20. The molecule has 1 amide bonds. The number of nitrogens with one attached hydrogen (secondary N) is 1. The van der Waals surface area contributed by atoms with Gasteiger partial charge in [-0.1, -0.05) is 18.2 Å². The number of anilines is 1. The molecule has 28 heavy (non-hydrogen) atoms. The predicted octanol–water partition coefficient (Wildman–Crippen LogP) is 3.65. The largest absolute Gasteiger partial charge is 0.312 e. The maximum absolute atomic E-state index is 12.9. The van der Waals surface area contributed by atoms with Crippen LogP contribution >= 0.6 is 0 Å². The van der Waals surface area contributed by atoms with Crippen molar-refractivity contribution in [2.24, 2.45) is 0 Å². The number of rotatable bonds is 5. The van der Waals surface area contributed by atoms with Crippen LogP contribution in [0.2, 0.25) is 0 Å². The van der Waals surface area contributed by atoms with Crippen LogP contribution in [0, 0.1) is 6.92 Å². The van der Waals surface area contributed by atoms with Crippen molar-refractivity contribution in [3.8, 4) is 0 Å². The highest BCUT2D eigenvalue weighted by Crippen LogP contribution is 2.29. The minimum Gasteiger partial charge on any atom is -0.312 e. The van der Waals surface area contributed by atoms with E-state index in [0.717, 1.165) is 36.1 Å². The van der Waals surface area contributed by atoms with Crippen LogP contribution in [0.4, 0.5) is 5.69 Å². The maximum atomic E-state index is 12.9. The molecule has 0 spiro atoms. The van der Waals surface area contributed by atoms with Crippen molar-refractivity contribution in [3.63, 3.8) is 0 Å². The van der Waals surface area contributed by atoms with E-state index in [4.69, 9.17) is 0 Å². The lowest BCUT2D eigenvalue weighted by atomic mass is 10.0. The summed E-state index contributed by atoms with van der Waals surface area (Å²) in [6.07, 6.45) is 4.75. The predicted molar refractivity (Wildman–Crippen MR) is 110 cm³/mol. The fourth-order valence-electron chi connectivity index (χ4n) is 4.23. The van der Waals surface area contributed by atoms with E-state index in [1.54, 1.807) is 23.1 Å². The lowest BCUT2D eigenvalue weighted by Crippen LogP contribution is -2.28. The minimum absolute atomic E-state index is 0.0991. The zero-order chi connectivity index (χ0) is 19.9. The van der Waals surface area contributed by atoms with Gasteiger partial charge in [0.2, 0.25) is 15.9 Å². The van der Waals surface area contributed by atoms with Gasteiger partial charge in [0.25, 0.3) is 0 Å². The van der Waals surface area contributed by atoms with E-state index in [-0.39, 0.29) is 16.8 Å². The quantitative estimate of drug-likeness (QED) is 0.836. The Hall–Kier alpha value is -2.18. The van der Waals surface area contributed by atoms with Crippen molar-refractivity contribution in [1.29, 1.82) is 0 Å². The molecule has 0 bridgehead atoms. The van der Waals surface area contributed by atoms with Gasteiger partial charge < -0.3 is 4.90 Å². The number of carbonyl (C=O) groups excluding carboxylic acids is 1. The molecule has 2 aliphatic rings. The molecule has 1 heterocycles. The van der Waals surface area contributed by atoms with Crippen molar-refractivity contribution in [3.05, 3.63) is 58.7 Å². The fraction of sp³-hybridized carbons (Fsp3) is 0.409. The van der Waals surface area contributed by atoms with E-state index in [1.807, 2.05) is 19.9 Å². The Balaban J connectivity index is 1.54. The lowest BCUT2D eigenvalue weighted by molar-refractivity contribution is -0.117. The number of amides is 1. The number of hydrogen-bond donors (Lipinski definition) is 1. The van der Waals surface area contributed by atoms with E-state index in [2.05, 4.69) is 16.9 Å². The molecule has 2 aromatic carbocycles. The SMILES string of the molecule is Cc1cc(S(=O)(=O)N[C@H](C)c2ccc3c(c2)CCC3)ccc1N1CCCC1=O. The molecule has 1 aliphatic heterocycles. The van der Waals surface area contributed by atoms with Crippen LogP contribution in [0.5, 0.6) is 0 Å². The van der Waals surface area contributed by atoms with Crippen LogP contribution in [0.15, 0.2) is 41.3 Å². The first-order valence-corrected chi connectivity index (χ1v) is 11.4. The van der Waals surface area contributed by atoms with Gasteiger partial charge in [0.15, 0.2) is 0 Å². The molecule has 1 saturated heterocycles. The summed E-state index contributed by atoms with van der Waals surface area (Å²) in [6.45, 7) is 4.42. The average molecular weight is 399 g/mol. The van der Waals surface area contributed by atoms with Gasteiger partial charge in [0, 0.05) is 24.7 Å². The molecule has 0 saturated carbocycles. The molecule has 1 N–H and O–H groups in total. The number of carbonyl (C=O) groups is 1. The zero-order valence-electron chi connectivity index (χ0n) is 16.4. The van der Waals surface area contributed by atoms with Gasteiger partial charge in [-0.2, -0.15) is 0 Å². The Bertz CT molecular complexity index is 1030. The molecule has 5 nitrogen and oxygen atoms in total. The van der Waals surface area contributed by atoms with Gasteiger partial charge in [-0.15, -0.1) is 0 Å². The van der Waals surface area contributed by atoms with E-state index >= 15 is 0 Å². The van der Waals surface area contributed by atoms with Crippen LogP contribution in [0.25, 0.3) is 0 Å². The second-order valence-electron chi connectivity index (χ2n) is 7.82. The third kappa shape index (κ3) is 3.59. The van der Waals surface area contributed by atoms with Gasteiger partial charge in [-0.25, -0.2) is 13.1 Å². The van der Waals surface area contributed by atoms with Crippen molar-refractivity contribution in [2.75, 3.05) is 11.4 Å².